The van der Waals surface area contributed by atoms with Gasteiger partial charge in [0.05, 0.1) is 5.69 Å². The van der Waals surface area contributed by atoms with Crippen molar-refractivity contribution in [3.05, 3.63) is 54.9 Å². The Morgan fingerprint density at radius 1 is 1.16 bits per heavy atom. The van der Waals surface area contributed by atoms with Crippen LogP contribution in [0.3, 0.4) is 0 Å². The number of aromatic nitrogens is 2. The van der Waals surface area contributed by atoms with Crippen molar-refractivity contribution >= 4 is 17.8 Å². The van der Waals surface area contributed by atoms with Crippen LogP contribution >= 0.6 is 11.8 Å². The normalized spacial score (nSPS) is 16.8. The van der Waals surface area contributed by atoms with Crippen LogP contribution in [-0.4, -0.2) is 21.6 Å². The van der Waals surface area contributed by atoms with Crippen molar-refractivity contribution in [1.82, 2.24) is 9.97 Å². The van der Waals surface area contributed by atoms with Gasteiger partial charge in [-0.15, -0.1) is 19.8 Å². The highest BCUT2D eigenvalue weighted by atomic mass is 32.2. The molecule has 1 aliphatic rings. The number of nitrogens with zero attached hydrogens (tertiary/aromatic N) is 2. The van der Waals surface area contributed by atoms with E-state index in [-0.39, 0.29) is 11.0 Å². The van der Waals surface area contributed by atoms with Crippen molar-refractivity contribution in [2.45, 2.75) is 29.5 Å². The molecule has 0 radical (unpaired) electrons. The molecule has 1 atom stereocenters. The Balaban J connectivity index is 1.99. The molecule has 0 saturated carbocycles. The van der Waals surface area contributed by atoms with Gasteiger partial charge in [0.1, 0.15) is 10.8 Å². The van der Waals surface area contributed by atoms with Crippen molar-refractivity contribution in [3.8, 4) is 17.0 Å². The summed E-state index contributed by atoms with van der Waals surface area (Å²) in [6.07, 6.45) is 0.448. The first-order valence-corrected chi connectivity index (χ1v) is 8.46. The standard InChI is InChI=1S/C18H15F3N2OS/c1-3-13-9-10-14-16(22-15(4-2)23-17(14)25-13)11-5-7-12(8-6-11)24-18(19,20)21/h3-8,13H,1-2,9-10H2. The third-order valence-electron chi connectivity index (χ3n) is 3.74. The highest BCUT2D eigenvalue weighted by Gasteiger charge is 2.31. The average Bonchev–Trinajstić information content (AvgIpc) is 2.59. The van der Waals surface area contributed by atoms with E-state index in [1.165, 1.54) is 12.1 Å². The lowest BCUT2D eigenvalue weighted by Gasteiger charge is -2.23. The van der Waals surface area contributed by atoms with E-state index >= 15 is 0 Å². The molecule has 2 heterocycles. The van der Waals surface area contributed by atoms with Gasteiger partial charge in [0.2, 0.25) is 0 Å². The fourth-order valence-corrected chi connectivity index (χ4v) is 3.71. The molecule has 0 bridgehead atoms. The fourth-order valence-electron chi connectivity index (χ4n) is 2.60. The molecule has 0 N–H and O–H groups in total. The Kier molecular flexibility index (Phi) is 4.85. The van der Waals surface area contributed by atoms with Crippen LogP contribution in [0.5, 0.6) is 5.75 Å². The van der Waals surface area contributed by atoms with E-state index in [1.54, 1.807) is 30.0 Å². The van der Waals surface area contributed by atoms with Gasteiger partial charge in [-0.3, -0.25) is 0 Å². The highest BCUT2D eigenvalue weighted by Crippen LogP contribution is 2.39. The minimum Gasteiger partial charge on any atom is -0.406 e. The molecule has 7 heteroatoms. The molecular weight excluding hydrogens is 349 g/mol. The SMILES string of the molecule is C=Cc1nc2c(c(-c3ccc(OC(F)(F)F)cc3)n1)CCC(C=C)S2. The summed E-state index contributed by atoms with van der Waals surface area (Å²) in [5.41, 5.74) is 2.43. The third-order valence-corrected chi connectivity index (χ3v) is 5.03. The number of ether oxygens (including phenoxy) is 1. The van der Waals surface area contributed by atoms with Gasteiger partial charge < -0.3 is 4.74 Å². The molecule has 130 valence electrons. The van der Waals surface area contributed by atoms with Crippen LogP contribution in [0.4, 0.5) is 13.2 Å². The second kappa shape index (κ2) is 6.92. The molecule has 1 unspecified atom stereocenters. The summed E-state index contributed by atoms with van der Waals surface area (Å²) in [4.78, 5) is 8.99. The summed E-state index contributed by atoms with van der Waals surface area (Å²) in [6.45, 7) is 7.54. The van der Waals surface area contributed by atoms with Gasteiger partial charge in [-0.05, 0) is 43.2 Å². The van der Waals surface area contributed by atoms with Gasteiger partial charge in [-0.1, -0.05) is 24.4 Å². The summed E-state index contributed by atoms with van der Waals surface area (Å²) in [5.74, 6) is 0.228. The number of halogens is 3. The van der Waals surface area contributed by atoms with Gasteiger partial charge >= 0.3 is 6.36 Å². The van der Waals surface area contributed by atoms with Gasteiger partial charge in [0, 0.05) is 16.4 Å². The van der Waals surface area contributed by atoms with Gasteiger partial charge in [-0.25, -0.2) is 9.97 Å². The summed E-state index contributed by atoms with van der Waals surface area (Å²) < 4.78 is 40.8. The van der Waals surface area contributed by atoms with Crippen molar-refractivity contribution in [3.63, 3.8) is 0 Å². The average molecular weight is 364 g/mol. The second-order valence-electron chi connectivity index (χ2n) is 5.42. The van der Waals surface area contributed by atoms with E-state index in [0.717, 1.165) is 23.4 Å². The molecule has 0 spiro atoms. The maximum Gasteiger partial charge on any atom is 0.573 e. The minimum absolute atomic E-state index is 0.260. The Bertz CT molecular complexity index is 803. The Morgan fingerprint density at radius 3 is 2.48 bits per heavy atom. The lowest BCUT2D eigenvalue weighted by molar-refractivity contribution is -0.274. The summed E-state index contributed by atoms with van der Waals surface area (Å²) in [7, 11) is 0. The lowest BCUT2D eigenvalue weighted by Crippen LogP contribution is -2.17. The number of rotatable bonds is 4. The van der Waals surface area contributed by atoms with E-state index in [2.05, 4.69) is 27.9 Å². The second-order valence-corrected chi connectivity index (χ2v) is 6.65. The summed E-state index contributed by atoms with van der Waals surface area (Å²) in [6, 6.07) is 5.71. The van der Waals surface area contributed by atoms with Crippen molar-refractivity contribution in [1.29, 1.82) is 0 Å². The van der Waals surface area contributed by atoms with Gasteiger partial charge in [0.25, 0.3) is 0 Å². The predicted molar refractivity (Wildman–Crippen MR) is 92.4 cm³/mol. The van der Waals surface area contributed by atoms with Crippen LogP contribution in [0, 0.1) is 0 Å². The van der Waals surface area contributed by atoms with E-state index in [9.17, 15) is 13.2 Å². The van der Waals surface area contributed by atoms with Crippen LogP contribution in [-0.2, 0) is 6.42 Å². The number of benzene rings is 1. The number of fused-ring (bicyclic) bond motifs is 1. The summed E-state index contributed by atoms with van der Waals surface area (Å²) in [5, 5.41) is 1.15. The Morgan fingerprint density at radius 2 is 1.88 bits per heavy atom. The molecule has 0 amide bonds. The molecule has 3 nitrogen and oxygen atoms in total. The number of hydrogen-bond donors (Lipinski definition) is 0. The maximum absolute atomic E-state index is 12.3. The van der Waals surface area contributed by atoms with E-state index < -0.39 is 6.36 Å². The Hall–Kier alpha value is -2.28. The monoisotopic (exact) mass is 364 g/mol. The van der Waals surface area contributed by atoms with Gasteiger partial charge in [-0.2, -0.15) is 0 Å². The molecule has 0 saturated heterocycles. The van der Waals surface area contributed by atoms with E-state index in [1.807, 2.05) is 6.08 Å². The maximum atomic E-state index is 12.3. The zero-order valence-electron chi connectivity index (χ0n) is 13.2. The smallest absolute Gasteiger partial charge is 0.406 e. The molecule has 1 aromatic heterocycles. The minimum atomic E-state index is -4.71. The molecule has 3 rings (SSSR count). The molecule has 2 aromatic rings. The molecular formula is C18H15F3N2OS. The topological polar surface area (TPSA) is 35.0 Å². The number of hydrogen-bond acceptors (Lipinski definition) is 4. The molecule has 1 aliphatic heterocycles. The van der Waals surface area contributed by atoms with Crippen molar-refractivity contribution in [2.75, 3.05) is 0 Å². The zero-order valence-corrected chi connectivity index (χ0v) is 14.0. The Labute approximate surface area is 147 Å². The van der Waals surface area contributed by atoms with Crippen LogP contribution in [0.1, 0.15) is 17.8 Å². The largest absolute Gasteiger partial charge is 0.573 e. The lowest BCUT2D eigenvalue weighted by atomic mass is 10.0. The van der Waals surface area contributed by atoms with Crippen molar-refractivity contribution < 1.29 is 17.9 Å². The number of alkyl halides is 3. The fraction of sp³-hybridized carbons (Fsp3) is 0.222. The third kappa shape index (κ3) is 4.04. The first-order valence-electron chi connectivity index (χ1n) is 7.58. The van der Waals surface area contributed by atoms with E-state index in [4.69, 9.17) is 0 Å². The molecule has 0 fully saturated rings. The molecule has 1 aromatic carbocycles. The first kappa shape index (κ1) is 17.5. The van der Waals surface area contributed by atoms with Gasteiger partial charge in [0.15, 0.2) is 5.82 Å². The number of thioether (sulfide) groups is 1. The molecule has 25 heavy (non-hydrogen) atoms. The highest BCUT2D eigenvalue weighted by molar-refractivity contribution is 8.00. The van der Waals surface area contributed by atoms with Crippen LogP contribution < -0.4 is 4.74 Å². The quantitative estimate of drug-likeness (QED) is 0.546. The van der Waals surface area contributed by atoms with Crippen LogP contribution in [0.15, 0.2) is 48.5 Å². The van der Waals surface area contributed by atoms with Crippen LogP contribution in [0.25, 0.3) is 17.3 Å². The van der Waals surface area contributed by atoms with Crippen LogP contribution in [0.2, 0.25) is 0 Å². The summed E-state index contributed by atoms with van der Waals surface area (Å²) >= 11 is 1.62. The zero-order chi connectivity index (χ0) is 18.0. The van der Waals surface area contributed by atoms with Crippen molar-refractivity contribution in [2.24, 2.45) is 0 Å². The molecule has 0 aliphatic carbocycles. The predicted octanol–water partition coefficient (Wildman–Crippen LogP) is 5.28. The first-order chi connectivity index (χ1) is 11.9. The van der Waals surface area contributed by atoms with E-state index in [0.29, 0.717) is 17.1 Å².